The molecule has 0 saturated carbocycles. The largest absolute Gasteiger partial charge is 0.465 e. The molecule has 0 fully saturated rings. The lowest BCUT2D eigenvalue weighted by atomic mass is 10.2. The molecule has 0 bridgehead atoms. The van der Waals surface area contributed by atoms with Gasteiger partial charge in [0.1, 0.15) is 18.3 Å². The number of carbonyl (C=O) groups excluding carboxylic acids is 2. The summed E-state index contributed by atoms with van der Waals surface area (Å²) in [7, 11) is 0. The van der Waals surface area contributed by atoms with Crippen LogP contribution < -0.4 is 0 Å². The van der Waals surface area contributed by atoms with Crippen LogP contribution in [0.2, 0.25) is 0 Å². The lowest BCUT2D eigenvalue weighted by Crippen LogP contribution is -2.37. The van der Waals surface area contributed by atoms with Crippen molar-refractivity contribution in [3.8, 4) is 6.07 Å². The molecule has 1 aromatic rings. The predicted octanol–water partition coefficient (Wildman–Crippen LogP) is 1.45. The van der Waals surface area contributed by atoms with Crippen molar-refractivity contribution in [3.63, 3.8) is 0 Å². The van der Waals surface area contributed by atoms with Gasteiger partial charge < -0.3 is 9.64 Å². The molecule has 0 aromatic carbocycles. The van der Waals surface area contributed by atoms with Gasteiger partial charge in [-0.1, -0.05) is 6.08 Å². The van der Waals surface area contributed by atoms with E-state index in [1.807, 2.05) is 6.07 Å². The summed E-state index contributed by atoms with van der Waals surface area (Å²) in [5, 5.41) is 8.86. The topological polar surface area (TPSA) is 83.3 Å². The Morgan fingerprint density at radius 3 is 2.76 bits per heavy atom. The van der Waals surface area contributed by atoms with E-state index in [2.05, 4.69) is 11.6 Å². The summed E-state index contributed by atoms with van der Waals surface area (Å²) in [5.41, 5.74) is 1.06. The van der Waals surface area contributed by atoms with Crippen LogP contribution in [0.5, 0.6) is 0 Å². The van der Waals surface area contributed by atoms with Gasteiger partial charge in [-0.3, -0.25) is 9.59 Å². The van der Waals surface area contributed by atoms with Crippen molar-refractivity contribution in [1.29, 1.82) is 5.26 Å². The minimum absolute atomic E-state index is 0.167. The second-order valence-corrected chi connectivity index (χ2v) is 4.22. The quantitative estimate of drug-likeness (QED) is 0.584. The van der Waals surface area contributed by atoms with Gasteiger partial charge >= 0.3 is 5.97 Å². The molecule has 0 aliphatic carbocycles. The molecule has 6 heteroatoms. The number of ether oxygens (including phenoxy) is 1. The van der Waals surface area contributed by atoms with Crippen molar-refractivity contribution in [2.75, 3.05) is 19.7 Å². The van der Waals surface area contributed by atoms with Crippen molar-refractivity contribution < 1.29 is 14.3 Å². The van der Waals surface area contributed by atoms with Gasteiger partial charge in [0.15, 0.2) is 0 Å². The number of aryl methyl sites for hydroxylation is 1. The highest BCUT2D eigenvalue weighted by molar-refractivity contribution is 5.94. The maximum Gasteiger partial charge on any atom is 0.325 e. The Hall–Kier alpha value is -2.68. The molecule has 1 aromatic heterocycles. The number of nitriles is 1. The number of amides is 1. The molecule has 6 nitrogen and oxygen atoms in total. The summed E-state index contributed by atoms with van der Waals surface area (Å²) in [5.74, 6) is -0.895. The number of rotatable bonds is 6. The average Bonchev–Trinajstić information content (AvgIpc) is 2.46. The van der Waals surface area contributed by atoms with E-state index in [0.717, 1.165) is 0 Å². The van der Waals surface area contributed by atoms with Gasteiger partial charge in [-0.25, -0.2) is 4.98 Å². The highest BCUT2D eigenvalue weighted by atomic mass is 16.5. The fourth-order valence-corrected chi connectivity index (χ4v) is 1.70. The van der Waals surface area contributed by atoms with Crippen LogP contribution >= 0.6 is 0 Å². The van der Waals surface area contributed by atoms with Crippen LogP contribution in [0.4, 0.5) is 0 Å². The molecule has 0 N–H and O–H groups in total. The first-order chi connectivity index (χ1) is 10.0. The minimum atomic E-state index is -0.488. The SMILES string of the molecule is C=CCN(CC(=O)OCC)C(=O)c1ccc(C#N)c(C)n1. The standard InChI is InChI=1S/C15H17N3O3/c1-4-8-18(10-14(19)21-5-2)15(20)13-7-6-12(9-16)11(3)17-13/h4,6-7H,1,5,8,10H2,2-3H3. The maximum absolute atomic E-state index is 12.4. The molecule has 110 valence electrons. The Morgan fingerprint density at radius 1 is 1.52 bits per heavy atom. The van der Waals surface area contributed by atoms with E-state index in [4.69, 9.17) is 10.00 Å². The fraction of sp³-hybridized carbons (Fsp3) is 0.333. The third-order valence-corrected chi connectivity index (χ3v) is 2.69. The van der Waals surface area contributed by atoms with Crippen LogP contribution in [-0.2, 0) is 9.53 Å². The van der Waals surface area contributed by atoms with Crippen molar-refractivity contribution >= 4 is 11.9 Å². The molecule has 1 amide bonds. The first-order valence-corrected chi connectivity index (χ1v) is 6.47. The van der Waals surface area contributed by atoms with E-state index in [0.29, 0.717) is 11.3 Å². The number of hydrogen-bond donors (Lipinski definition) is 0. The Labute approximate surface area is 123 Å². The van der Waals surface area contributed by atoms with Crippen LogP contribution in [0.15, 0.2) is 24.8 Å². The average molecular weight is 287 g/mol. The van der Waals surface area contributed by atoms with Crippen LogP contribution in [0.25, 0.3) is 0 Å². The number of carbonyl (C=O) groups is 2. The lowest BCUT2D eigenvalue weighted by molar-refractivity contribution is -0.143. The molecular weight excluding hydrogens is 270 g/mol. The van der Waals surface area contributed by atoms with E-state index in [1.54, 1.807) is 13.8 Å². The summed E-state index contributed by atoms with van der Waals surface area (Å²) in [4.78, 5) is 29.3. The van der Waals surface area contributed by atoms with Gasteiger partial charge in [0.25, 0.3) is 5.91 Å². The second kappa shape index (κ2) is 7.80. The Balaban J connectivity index is 2.95. The molecule has 0 unspecified atom stereocenters. The number of esters is 1. The predicted molar refractivity (Wildman–Crippen MR) is 76.4 cm³/mol. The fourth-order valence-electron chi connectivity index (χ4n) is 1.70. The third-order valence-electron chi connectivity index (χ3n) is 2.69. The normalized spacial score (nSPS) is 9.57. The van der Waals surface area contributed by atoms with Crippen molar-refractivity contribution in [1.82, 2.24) is 9.88 Å². The van der Waals surface area contributed by atoms with E-state index in [9.17, 15) is 9.59 Å². The Bertz CT molecular complexity index is 590. The minimum Gasteiger partial charge on any atom is -0.465 e. The molecule has 0 atom stereocenters. The van der Waals surface area contributed by atoms with Crippen molar-refractivity contribution in [3.05, 3.63) is 41.7 Å². The van der Waals surface area contributed by atoms with Crippen molar-refractivity contribution in [2.24, 2.45) is 0 Å². The van der Waals surface area contributed by atoms with Crippen LogP contribution in [0.1, 0.15) is 28.7 Å². The number of pyridine rings is 1. The van der Waals surface area contributed by atoms with Crippen LogP contribution in [0, 0.1) is 18.3 Å². The van der Waals surface area contributed by atoms with Gasteiger partial charge in [0.05, 0.1) is 17.9 Å². The van der Waals surface area contributed by atoms with Gasteiger partial charge in [-0.05, 0) is 26.0 Å². The summed E-state index contributed by atoms with van der Waals surface area (Å²) in [6.45, 7) is 7.21. The van der Waals surface area contributed by atoms with Gasteiger partial charge in [-0.15, -0.1) is 6.58 Å². The molecule has 0 aliphatic rings. The molecule has 1 rings (SSSR count). The van der Waals surface area contributed by atoms with Crippen molar-refractivity contribution in [2.45, 2.75) is 13.8 Å². The number of nitrogens with zero attached hydrogens (tertiary/aromatic N) is 3. The van der Waals surface area contributed by atoms with Gasteiger partial charge in [0.2, 0.25) is 0 Å². The number of hydrogen-bond acceptors (Lipinski definition) is 5. The molecule has 0 saturated heterocycles. The zero-order valence-electron chi connectivity index (χ0n) is 12.1. The van der Waals surface area contributed by atoms with Crippen LogP contribution in [-0.4, -0.2) is 41.5 Å². The molecule has 1 heterocycles. The zero-order chi connectivity index (χ0) is 15.8. The van der Waals surface area contributed by atoms with E-state index >= 15 is 0 Å². The number of aromatic nitrogens is 1. The third kappa shape index (κ3) is 4.42. The second-order valence-electron chi connectivity index (χ2n) is 4.22. The van der Waals surface area contributed by atoms with Gasteiger partial charge in [0, 0.05) is 6.54 Å². The van der Waals surface area contributed by atoms with E-state index in [-0.39, 0.29) is 25.4 Å². The zero-order valence-corrected chi connectivity index (χ0v) is 12.1. The van der Waals surface area contributed by atoms with E-state index < -0.39 is 11.9 Å². The summed E-state index contributed by atoms with van der Waals surface area (Å²) in [6, 6.07) is 4.99. The summed E-state index contributed by atoms with van der Waals surface area (Å²) < 4.78 is 4.83. The molecule has 0 spiro atoms. The Morgan fingerprint density at radius 2 is 2.24 bits per heavy atom. The first-order valence-electron chi connectivity index (χ1n) is 6.47. The first kappa shape index (κ1) is 16.4. The Kier molecular flexibility index (Phi) is 6.08. The summed E-state index contributed by atoms with van der Waals surface area (Å²) >= 11 is 0. The van der Waals surface area contributed by atoms with E-state index in [1.165, 1.54) is 23.1 Å². The highest BCUT2D eigenvalue weighted by Crippen LogP contribution is 2.08. The lowest BCUT2D eigenvalue weighted by Gasteiger charge is -2.19. The smallest absolute Gasteiger partial charge is 0.325 e. The summed E-state index contributed by atoms with van der Waals surface area (Å²) in [6.07, 6.45) is 1.52. The van der Waals surface area contributed by atoms with Gasteiger partial charge in [-0.2, -0.15) is 5.26 Å². The molecule has 0 aliphatic heterocycles. The molecular formula is C15H17N3O3. The maximum atomic E-state index is 12.4. The van der Waals surface area contributed by atoms with Crippen LogP contribution in [0.3, 0.4) is 0 Å². The molecule has 0 radical (unpaired) electrons. The highest BCUT2D eigenvalue weighted by Gasteiger charge is 2.20. The monoisotopic (exact) mass is 287 g/mol. The molecule has 21 heavy (non-hydrogen) atoms.